The van der Waals surface area contributed by atoms with Gasteiger partial charge in [-0.25, -0.2) is 4.79 Å². The molecule has 0 aliphatic rings. The summed E-state index contributed by atoms with van der Waals surface area (Å²) in [7, 11) is 3.85. The Bertz CT molecular complexity index is 745. The van der Waals surface area contributed by atoms with Gasteiger partial charge in [0.15, 0.2) is 6.61 Å². The third-order valence-electron chi connectivity index (χ3n) is 3.24. The lowest BCUT2D eigenvalue weighted by molar-refractivity contribution is -0.119. The van der Waals surface area contributed by atoms with Crippen LogP contribution in [0, 0.1) is 0 Å². The van der Waals surface area contributed by atoms with Crippen molar-refractivity contribution in [2.45, 2.75) is 0 Å². The van der Waals surface area contributed by atoms with E-state index in [2.05, 4.69) is 5.32 Å². The van der Waals surface area contributed by atoms with E-state index < -0.39 is 18.5 Å². The van der Waals surface area contributed by atoms with E-state index in [0.29, 0.717) is 10.7 Å². The lowest BCUT2D eigenvalue weighted by atomic mass is 10.2. The number of nitrogens with one attached hydrogen (secondary N) is 1. The van der Waals surface area contributed by atoms with Crippen LogP contribution in [0.3, 0.4) is 0 Å². The number of halogens is 1. The van der Waals surface area contributed by atoms with Crippen molar-refractivity contribution in [3.63, 3.8) is 0 Å². The molecular weight excluding hydrogens is 330 g/mol. The van der Waals surface area contributed by atoms with Crippen molar-refractivity contribution in [1.82, 2.24) is 0 Å². The third kappa shape index (κ3) is 4.63. The number of ether oxygens (including phenoxy) is 1. The van der Waals surface area contributed by atoms with Crippen molar-refractivity contribution < 1.29 is 14.3 Å². The first kappa shape index (κ1) is 17.6. The molecule has 0 unspecified atom stereocenters. The Hall–Kier alpha value is -2.73. The van der Waals surface area contributed by atoms with Crippen molar-refractivity contribution >= 4 is 40.5 Å². The van der Waals surface area contributed by atoms with Gasteiger partial charge in [0.25, 0.3) is 5.91 Å². The van der Waals surface area contributed by atoms with Gasteiger partial charge in [-0.1, -0.05) is 11.6 Å². The lowest BCUT2D eigenvalue weighted by Gasteiger charge is -2.13. The summed E-state index contributed by atoms with van der Waals surface area (Å²) in [5, 5.41) is 3.01. The number of esters is 1. The van der Waals surface area contributed by atoms with E-state index in [4.69, 9.17) is 22.1 Å². The molecular formula is C17H18ClN3O3. The quantitative estimate of drug-likeness (QED) is 0.641. The number of benzene rings is 2. The average Bonchev–Trinajstić information content (AvgIpc) is 2.55. The molecule has 0 saturated heterocycles. The Kier molecular flexibility index (Phi) is 5.65. The molecule has 2 rings (SSSR count). The molecule has 3 N–H and O–H groups in total. The van der Waals surface area contributed by atoms with Gasteiger partial charge in [-0.05, 0) is 42.5 Å². The highest BCUT2D eigenvalue weighted by Crippen LogP contribution is 2.19. The van der Waals surface area contributed by atoms with Crippen LogP contribution >= 0.6 is 11.6 Å². The molecule has 2 aromatic rings. The van der Waals surface area contributed by atoms with Crippen molar-refractivity contribution in [3.05, 3.63) is 53.1 Å². The lowest BCUT2D eigenvalue weighted by Crippen LogP contribution is -2.21. The normalized spacial score (nSPS) is 10.1. The van der Waals surface area contributed by atoms with E-state index in [1.165, 1.54) is 12.1 Å². The summed E-state index contributed by atoms with van der Waals surface area (Å²) in [5.74, 6) is -1.14. The Balaban J connectivity index is 1.90. The number of amides is 1. The summed E-state index contributed by atoms with van der Waals surface area (Å²) in [6.07, 6.45) is 0. The average molecular weight is 348 g/mol. The fourth-order valence-corrected chi connectivity index (χ4v) is 2.13. The topological polar surface area (TPSA) is 84.7 Å². The zero-order valence-electron chi connectivity index (χ0n) is 13.4. The van der Waals surface area contributed by atoms with E-state index >= 15 is 0 Å². The maximum absolute atomic E-state index is 11.9. The summed E-state index contributed by atoms with van der Waals surface area (Å²) >= 11 is 5.82. The Morgan fingerprint density at radius 2 is 1.83 bits per heavy atom. The summed E-state index contributed by atoms with van der Waals surface area (Å²) < 4.78 is 4.96. The van der Waals surface area contributed by atoms with Gasteiger partial charge in [-0.2, -0.15) is 0 Å². The molecule has 0 fully saturated rings. The number of rotatable bonds is 5. The zero-order chi connectivity index (χ0) is 17.7. The predicted molar refractivity (Wildman–Crippen MR) is 95.5 cm³/mol. The molecule has 0 aliphatic carbocycles. The van der Waals surface area contributed by atoms with Crippen LogP contribution in [0.4, 0.5) is 17.1 Å². The third-order valence-corrected chi connectivity index (χ3v) is 3.47. The van der Waals surface area contributed by atoms with E-state index in [1.54, 1.807) is 18.2 Å². The van der Waals surface area contributed by atoms with Crippen LogP contribution in [-0.2, 0) is 9.53 Å². The maximum Gasteiger partial charge on any atom is 0.340 e. The summed E-state index contributed by atoms with van der Waals surface area (Å²) in [5.41, 5.74) is 7.69. The number of anilines is 3. The minimum absolute atomic E-state index is 0.130. The monoisotopic (exact) mass is 347 g/mol. The van der Waals surface area contributed by atoms with Gasteiger partial charge < -0.3 is 20.7 Å². The van der Waals surface area contributed by atoms with Crippen molar-refractivity contribution in [1.29, 1.82) is 0 Å². The van der Waals surface area contributed by atoms with Gasteiger partial charge in [0.1, 0.15) is 0 Å². The summed E-state index contributed by atoms with van der Waals surface area (Å²) in [6, 6.07) is 11.7. The predicted octanol–water partition coefficient (Wildman–Crippen LogP) is 2.78. The molecule has 6 nitrogen and oxygen atoms in total. The van der Waals surface area contributed by atoms with Crippen molar-refractivity contribution in [2.75, 3.05) is 36.7 Å². The fourth-order valence-electron chi connectivity index (χ4n) is 1.95. The second-order valence-electron chi connectivity index (χ2n) is 5.30. The largest absolute Gasteiger partial charge is 0.452 e. The first-order valence-corrected chi connectivity index (χ1v) is 7.54. The van der Waals surface area contributed by atoms with E-state index in [-0.39, 0.29) is 11.3 Å². The Morgan fingerprint density at radius 1 is 1.17 bits per heavy atom. The SMILES string of the molecule is CN(C)c1ccc(NC(=O)COC(=O)c2cc(Cl)ccc2N)cc1. The van der Waals surface area contributed by atoms with Gasteiger partial charge in [0.2, 0.25) is 0 Å². The van der Waals surface area contributed by atoms with Gasteiger partial charge in [-0.3, -0.25) is 4.79 Å². The van der Waals surface area contributed by atoms with Crippen LogP contribution in [0.25, 0.3) is 0 Å². The van der Waals surface area contributed by atoms with E-state index in [1.807, 2.05) is 31.1 Å². The molecule has 0 bridgehead atoms. The minimum Gasteiger partial charge on any atom is -0.452 e. The summed E-state index contributed by atoms with van der Waals surface area (Å²) in [4.78, 5) is 25.8. The molecule has 7 heteroatoms. The van der Waals surface area contributed by atoms with Crippen LogP contribution in [-0.4, -0.2) is 32.6 Å². The molecule has 0 aliphatic heterocycles. The zero-order valence-corrected chi connectivity index (χ0v) is 14.1. The van der Waals surface area contributed by atoms with Gasteiger partial charge >= 0.3 is 5.97 Å². The Labute approximate surface area is 145 Å². The number of hydrogen-bond donors (Lipinski definition) is 2. The van der Waals surface area contributed by atoms with Crippen LogP contribution < -0.4 is 16.0 Å². The molecule has 0 atom stereocenters. The smallest absolute Gasteiger partial charge is 0.340 e. The first-order valence-electron chi connectivity index (χ1n) is 7.16. The van der Waals surface area contributed by atoms with Crippen LogP contribution in [0.2, 0.25) is 5.02 Å². The highest BCUT2D eigenvalue weighted by Gasteiger charge is 2.14. The maximum atomic E-state index is 11.9. The standard InChI is InChI=1S/C17H18ClN3O3/c1-21(2)13-6-4-12(5-7-13)20-16(22)10-24-17(23)14-9-11(18)3-8-15(14)19/h3-9H,10,19H2,1-2H3,(H,20,22). The van der Waals surface area contributed by atoms with Crippen molar-refractivity contribution in [3.8, 4) is 0 Å². The molecule has 0 aromatic heterocycles. The van der Waals surface area contributed by atoms with Crippen LogP contribution in [0.1, 0.15) is 10.4 Å². The van der Waals surface area contributed by atoms with Crippen LogP contribution in [0.5, 0.6) is 0 Å². The molecule has 0 heterocycles. The molecule has 0 radical (unpaired) electrons. The molecule has 2 aromatic carbocycles. The molecule has 0 spiro atoms. The molecule has 1 amide bonds. The van der Waals surface area contributed by atoms with Gasteiger partial charge in [0, 0.05) is 36.2 Å². The Morgan fingerprint density at radius 3 is 2.46 bits per heavy atom. The highest BCUT2D eigenvalue weighted by atomic mass is 35.5. The second-order valence-corrected chi connectivity index (χ2v) is 5.73. The van der Waals surface area contributed by atoms with E-state index in [0.717, 1.165) is 5.69 Å². The minimum atomic E-state index is -0.701. The molecule has 0 saturated carbocycles. The fraction of sp³-hybridized carbons (Fsp3) is 0.176. The number of carbonyl (C=O) groups is 2. The first-order chi connectivity index (χ1) is 11.4. The molecule has 126 valence electrons. The number of nitrogens with zero attached hydrogens (tertiary/aromatic N) is 1. The van der Waals surface area contributed by atoms with Crippen molar-refractivity contribution in [2.24, 2.45) is 0 Å². The van der Waals surface area contributed by atoms with Gasteiger partial charge in [-0.15, -0.1) is 0 Å². The highest BCUT2D eigenvalue weighted by molar-refractivity contribution is 6.31. The van der Waals surface area contributed by atoms with Gasteiger partial charge in [0.05, 0.1) is 5.56 Å². The number of carbonyl (C=O) groups excluding carboxylic acids is 2. The number of hydrogen-bond acceptors (Lipinski definition) is 5. The second kappa shape index (κ2) is 7.70. The van der Waals surface area contributed by atoms with E-state index in [9.17, 15) is 9.59 Å². The molecule has 24 heavy (non-hydrogen) atoms. The summed E-state index contributed by atoms with van der Waals surface area (Å²) in [6.45, 7) is -0.416. The van der Waals surface area contributed by atoms with Crippen LogP contribution in [0.15, 0.2) is 42.5 Å². The number of nitrogens with two attached hydrogens (primary N) is 1. The number of nitrogen functional groups attached to an aromatic ring is 1.